The van der Waals surface area contributed by atoms with Gasteiger partial charge in [-0.15, -0.1) is 24.2 Å². The largest absolute Gasteiger partial charge is 0.494 e. The molecule has 0 aromatic heterocycles. The van der Waals surface area contributed by atoms with Crippen molar-refractivity contribution in [3.05, 3.63) is 24.3 Å². The van der Waals surface area contributed by atoms with Crippen molar-refractivity contribution in [2.45, 2.75) is 57.2 Å². The second-order valence-electron chi connectivity index (χ2n) is 6.86. The fourth-order valence-corrected chi connectivity index (χ4v) is 4.04. The van der Waals surface area contributed by atoms with Crippen molar-refractivity contribution in [3.8, 4) is 5.75 Å². The van der Waals surface area contributed by atoms with Crippen LogP contribution in [0.15, 0.2) is 24.3 Å². The molecule has 2 N–H and O–H groups in total. The average Bonchev–Trinajstić information content (AvgIpc) is 3.00. The van der Waals surface area contributed by atoms with Gasteiger partial charge in [-0.1, -0.05) is 26.2 Å². The molecule has 1 aliphatic heterocycles. The summed E-state index contributed by atoms with van der Waals surface area (Å²) in [6.45, 7) is 4.78. The number of halogens is 1. The lowest BCUT2D eigenvalue weighted by Gasteiger charge is -2.16. The zero-order valence-corrected chi connectivity index (χ0v) is 19.1. The number of imide groups is 1. The molecular weight excluding hydrogens is 428 g/mol. The lowest BCUT2D eigenvalue weighted by molar-refractivity contribution is -0.144. The molecule has 1 aliphatic rings. The number of rotatable bonds is 12. The van der Waals surface area contributed by atoms with E-state index in [0.29, 0.717) is 12.3 Å². The van der Waals surface area contributed by atoms with Crippen molar-refractivity contribution < 1.29 is 23.9 Å². The Bertz CT molecular complexity index is 701. The van der Waals surface area contributed by atoms with E-state index < -0.39 is 17.3 Å². The van der Waals surface area contributed by atoms with Crippen LogP contribution in [0.2, 0.25) is 0 Å². The highest BCUT2D eigenvalue weighted by Gasteiger charge is 2.40. The number of unbranched alkanes of at least 4 members (excludes halogenated alkanes) is 3. The quantitative estimate of drug-likeness (QED) is 0.291. The van der Waals surface area contributed by atoms with Crippen LogP contribution in [0.1, 0.15) is 46.0 Å². The van der Waals surface area contributed by atoms with E-state index in [-0.39, 0.29) is 43.0 Å². The molecule has 2 amide bonds. The van der Waals surface area contributed by atoms with Crippen LogP contribution in [0.25, 0.3) is 0 Å². The van der Waals surface area contributed by atoms with E-state index in [1.165, 1.54) is 29.5 Å². The summed E-state index contributed by atoms with van der Waals surface area (Å²) < 4.78 is 10.6. The van der Waals surface area contributed by atoms with Gasteiger partial charge in [0.15, 0.2) is 0 Å². The summed E-state index contributed by atoms with van der Waals surface area (Å²) in [6.07, 6.45) is 4.62. The van der Waals surface area contributed by atoms with Gasteiger partial charge in [-0.3, -0.25) is 14.4 Å². The normalized spacial score (nSPS) is 16.9. The second kappa shape index (κ2) is 13.5. The van der Waals surface area contributed by atoms with Crippen LogP contribution in [0.3, 0.4) is 0 Å². The number of nitrogens with two attached hydrogens (primary N) is 1. The summed E-state index contributed by atoms with van der Waals surface area (Å²) in [5, 5.41) is -0.544. The summed E-state index contributed by atoms with van der Waals surface area (Å²) in [7, 11) is 0. The average molecular weight is 459 g/mol. The summed E-state index contributed by atoms with van der Waals surface area (Å²) in [5.74, 6) is -0.106. The van der Waals surface area contributed by atoms with Gasteiger partial charge in [0.2, 0.25) is 11.8 Å². The van der Waals surface area contributed by atoms with Crippen molar-refractivity contribution >= 4 is 47.6 Å². The molecular formula is C21H31ClN2O5S. The van der Waals surface area contributed by atoms with E-state index in [9.17, 15) is 14.4 Å². The summed E-state index contributed by atoms with van der Waals surface area (Å²) in [6, 6.07) is 6.16. The molecule has 9 heteroatoms. The molecule has 1 heterocycles. The number of carbonyl (C=O) groups is 3. The molecule has 0 radical (unpaired) electrons. The third-order valence-corrected chi connectivity index (χ3v) is 5.86. The predicted molar refractivity (Wildman–Crippen MR) is 121 cm³/mol. The van der Waals surface area contributed by atoms with Crippen molar-refractivity contribution in [1.82, 2.24) is 0 Å². The molecule has 0 bridgehead atoms. The van der Waals surface area contributed by atoms with Gasteiger partial charge < -0.3 is 15.2 Å². The van der Waals surface area contributed by atoms with E-state index in [4.69, 9.17) is 15.2 Å². The first-order valence-corrected chi connectivity index (χ1v) is 11.2. The molecule has 0 spiro atoms. The topological polar surface area (TPSA) is 98.9 Å². The molecule has 2 unspecified atom stereocenters. The van der Waals surface area contributed by atoms with Crippen LogP contribution < -0.4 is 15.4 Å². The van der Waals surface area contributed by atoms with E-state index in [1.807, 2.05) is 0 Å². The molecule has 1 fully saturated rings. The first-order valence-electron chi connectivity index (χ1n) is 10.1. The van der Waals surface area contributed by atoms with Crippen molar-refractivity contribution in [2.75, 3.05) is 23.9 Å². The fourth-order valence-electron chi connectivity index (χ4n) is 2.95. The molecule has 1 aromatic rings. The van der Waals surface area contributed by atoms with Crippen molar-refractivity contribution in [3.63, 3.8) is 0 Å². The number of hydrogen-bond acceptors (Lipinski definition) is 7. The van der Waals surface area contributed by atoms with Gasteiger partial charge in [-0.05, 0) is 37.6 Å². The number of nitrogens with zero attached hydrogens (tertiary/aromatic N) is 1. The molecule has 168 valence electrons. The predicted octanol–water partition coefficient (Wildman–Crippen LogP) is 3.32. The molecule has 1 aromatic carbocycles. The summed E-state index contributed by atoms with van der Waals surface area (Å²) in [5.41, 5.74) is 6.30. The highest BCUT2D eigenvalue weighted by Crippen LogP contribution is 2.31. The van der Waals surface area contributed by atoms with Crippen molar-refractivity contribution in [2.24, 2.45) is 5.73 Å². The Labute approximate surface area is 188 Å². The number of thioether (sulfide) groups is 1. The number of ether oxygens (including phenoxy) is 2. The second-order valence-corrected chi connectivity index (χ2v) is 8.09. The Balaban J connectivity index is 0.00000450. The summed E-state index contributed by atoms with van der Waals surface area (Å²) >= 11 is 1.21. The number of amides is 2. The Hall–Kier alpha value is -1.77. The Kier molecular flexibility index (Phi) is 11.8. The van der Waals surface area contributed by atoms with Gasteiger partial charge in [0, 0.05) is 12.2 Å². The van der Waals surface area contributed by atoms with Crippen LogP contribution in [-0.2, 0) is 19.1 Å². The Morgan fingerprint density at radius 3 is 2.53 bits per heavy atom. The lowest BCUT2D eigenvalue weighted by Crippen LogP contribution is -2.36. The molecule has 0 aliphatic carbocycles. The van der Waals surface area contributed by atoms with Crippen LogP contribution in [0, 0.1) is 0 Å². The minimum atomic E-state index is -0.814. The van der Waals surface area contributed by atoms with Gasteiger partial charge in [-0.2, -0.15) is 0 Å². The van der Waals surface area contributed by atoms with Gasteiger partial charge in [0.25, 0.3) is 0 Å². The minimum absolute atomic E-state index is 0. The zero-order chi connectivity index (χ0) is 21.2. The number of hydrogen-bond donors (Lipinski definition) is 1. The van der Waals surface area contributed by atoms with E-state index in [0.717, 1.165) is 18.6 Å². The molecule has 30 heavy (non-hydrogen) atoms. The Morgan fingerprint density at radius 2 is 1.90 bits per heavy atom. The molecule has 2 atom stereocenters. The SMILES string of the molecule is CCCCCCOc1ccc(N2C(=O)CC(SCC(N)C(=O)OCC)C2=O)cc1.Cl. The number of anilines is 1. The highest BCUT2D eigenvalue weighted by molar-refractivity contribution is 8.00. The zero-order valence-electron chi connectivity index (χ0n) is 17.5. The lowest BCUT2D eigenvalue weighted by atomic mass is 10.2. The van der Waals surface area contributed by atoms with Crippen LogP contribution in [0.4, 0.5) is 5.69 Å². The van der Waals surface area contributed by atoms with Crippen LogP contribution in [-0.4, -0.2) is 48.0 Å². The maximum Gasteiger partial charge on any atom is 0.323 e. The first-order chi connectivity index (χ1) is 14.0. The minimum Gasteiger partial charge on any atom is -0.494 e. The molecule has 0 saturated carbocycles. The van der Waals surface area contributed by atoms with Gasteiger partial charge >= 0.3 is 5.97 Å². The summed E-state index contributed by atoms with van der Waals surface area (Å²) in [4.78, 5) is 37.8. The number of esters is 1. The maximum absolute atomic E-state index is 12.7. The van der Waals surface area contributed by atoms with Crippen LogP contribution in [0.5, 0.6) is 5.75 Å². The van der Waals surface area contributed by atoms with Gasteiger partial charge in [0.1, 0.15) is 11.8 Å². The standard InChI is InChI=1S/C21H30N2O5S.ClH/c1-3-5-6-7-12-28-16-10-8-15(9-11-16)23-19(24)13-18(20(23)25)29-14-17(22)21(26)27-4-2;/h8-11,17-18H,3-7,12-14,22H2,1-2H3;1H. The van der Waals surface area contributed by atoms with Crippen molar-refractivity contribution in [1.29, 1.82) is 0 Å². The van der Waals surface area contributed by atoms with E-state index in [1.54, 1.807) is 31.2 Å². The molecule has 7 nitrogen and oxygen atoms in total. The fraction of sp³-hybridized carbons (Fsp3) is 0.571. The van der Waals surface area contributed by atoms with Crippen LogP contribution >= 0.6 is 24.2 Å². The first kappa shape index (κ1) is 26.3. The third kappa shape index (κ3) is 7.49. The molecule has 2 rings (SSSR count). The third-order valence-electron chi connectivity index (χ3n) is 4.53. The Morgan fingerprint density at radius 1 is 1.20 bits per heavy atom. The number of carbonyl (C=O) groups excluding carboxylic acids is 3. The van der Waals surface area contributed by atoms with E-state index >= 15 is 0 Å². The number of benzene rings is 1. The smallest absolute Gasteiger partial charge is 0.323 e. The highest BCUT2D eigenvalue weighted by atomic mass is 35.5. The monoisotopic (exact) mass is 458 g/mol. The molecule has 1 saturated heterocycles. The maximum atomic E-state index is 12.7. The van der Waals surface area contributed by atoms with E-state index in [2.05, 4.69) is 6.92 Å². The van der Waals surface area contributed by atoms with Gasteiger partial charge in [0.05, 0.1) is 24.2 Å². The van der Waals surface area contributed by atoms with Gasteiger partial charge in [-0.25, -0.2) is 4.90 Å².